The zero-order chi connectivity index (χ0) is 21.4. The second kappa shape index (κ2) is 8.01. The number of nitrogens with zero attached hydrogens (tertiary/aromatic N) is 2. The number of carbonyl (C=O) groups is 2. The molecule has 0 saturated carbocycles. The number of benzene rings is 2. The van der Waals surface area contributed by atoms with Gasteiger partial charge < -0.3 is 15.4 Å². The highest BCUT2D eigenvalue weighted by Crippen LogP contribution is 2.39. The fourth-order valence-electron chi connectivity index (χ4n) is 3.48. The van der Waals surface area contributed by atoms with Gasteiger partial charge in [-0.25, -0.2) is 4.68 Å². The van der Waals surface area contributed by atoms with Crippen molar-refractivity contribution in [2.24, 2.45) is 0 Å². The molecule has 1 aliphatic rings. The van der Waals surface area contributed by atoms with E-state index in [9.17, 15) is 9.59 Å². The molecule has 3 aromatic rings. The van der Waals surface area contributed by atoms with Crippen molar-refractivity contribution < 1.29 is 14.3 Å². The van der Waals surface area contributed by atoms with E-state index in [0.717, 1.165) is 16.8 Å². The lowest BCUT2D eigenvalue weighted by atomic mass is 10.1. The summed E-state index contributed by atoms with van der Waals surface area (Å²) in [5, 5.41) is 10.9. The number of hydrogen-bond donors (Lipinski definition) is 2. The van der Waals surface area contributed by atoms with E-state index in [1.807, 2.05) is 31.2 Å². The van der Waals surface area contributed by atoms with Gasteiger partial charge in [-0.3, -0.25) is 9.59 Å². The van der Waals surface area contributed by atoms with Gasteiger partial charge in [0.25, 0.3) is 5.91 Å². The van der Waals surface area contributed by atoms with Crippen LogP contribution in [-0.4, -0.2) is 28.7 Å². The molecule has 4 rings (SSSR count). The average Bonchev–Trinajstić information content (AvgIpc) is 3.18. The van der Waals surface area contributed by atoms with E-state index in [2.05, 4.69) is 15.7 Å². The van der Waals surface area contributed by atoms with Gasteiger partial charge in [-0.05, 0) is 42.8 Å². The molecule has 9 heteroatoms. The molecule has 0 radical (unpaired) electrons. The molecule has 1 aromatic heterocycles. The molecule has 0 spiro atoms. The summed E-state index contributed by atoms with van der Waals surface area (Å²) >= 11 is 12.1. The minimum Gasteiger partial charge on any atom is -0.497 e. The standard InChI is InChI=1S/C21H18Cl2N4O3/c1-11-19(12-4-3-5-14(8-12)30-2)20-25-21(29)17(27(20)26-11)10-18(28)24-16-9-13(22)6-7-15(16)23/h3-9,17H,10H2,1-2H3,(H,24,28)(H,25,29). The molecule has 2 N–H and O–H groups in total. The topological polar surface area (TPSA) is 85.2 Å². The van der Waals surface area contributed by atoms with Crippen molar-refractivity contribution in [3.05, 3.63) is 58.2 Å². The molecule has 2 heterocycles. The second-order valence-electron chi connectivity index (χ2n) is 6.87. The summed E-state index contributed by atoms with van der Waals surface area (Å²) in [6.45, 7) is 1.86. The third-order valence-electron chi connectivity index (χ3n) is 4.86. The van der Waals surface area contributed by atoms with E-state index >= 15 is 0 Å². The van der Waals surface area contributed by atoms with Crippen molar-refractivity contribution in [3.63, 3.8) is 0 Å². The predicted molar refractivity (Wildman–Crippen MR) is 116 cm³/mol. The normalized spacial score (nSPS) is 14.9. The highest BCUT2D eigenvalue weighted by atomic mass is 35.5. The maximum absolute atomic E-state index is 12.6. The van der Waals surface area contributed by atoms with E-state index in [0.29, 0.717) is 27.3 Å². The smallest absolute Gasteiger partial charge is 0.251 e. The summed E-state index contributed by atoms with van der Waals surface area (Å²) in [6, 6.07) is 11.5. The van der Waals surface area contributed by atoms with Gasteiger partial charge in [0, 0.05) is 10.6 Å². The Bertz CT molecular complexity index is 1160. The molecule has 0 fully saturated rings. The number of aryl methyl sites for hydroxylation is 1. The molecule has 0 saturated heterocycles. The Morgan fingerprint density at radius 2 is 2.07 bits per heavy atom. The van der Waals surface area contributed by atoms with Gasteiger partial charge in [-0.15, -0.1) is 0 Å². The summed E-state index contributed by atoms with van der Waals surface area (Å²) < 4.78 is 6.86. The molecule has 1 atom stereocenters. The van der Waals surface area contributed by atoms with Crippen molar-refractivity contribution in [1.29, 1.82) is 0 Å². The molecule has 1 aliphatic heterocycles. The Morgan fingerprint density at radius 3 is 2.83 bits per heavy atom. The van der Waals surface area contributed by atoms with Gasteiger partial charge in [0.15, 0.2) is 0 Å². The van der Waals surface area contributed by atoms with Gasteiger partial charge in [0.2, 0.25) is 5.91 Å². The Morgan fingerprint density at radius 1 is 1.27 bits per heavy atom. The number of hydrogen-bond acceptors (Lipinski definition) is 4. The Labute approximate surface area is 182 Å². The van der Waals surface area contributed by atoms with Crippen molar-refractivity contribution in [2.75, 3.05) is 17.7 Å². The SMILES string of the molecule is COc1cccc(-c2c(C)nn3c2NC(=O)C3CC(=O)Nc2cc(Cl)ccc2Cl)c1. The molecule has 0 aliphatic carbocycles. The molecular weight excluding hydrogens is 427 g/mol. The first-order valence-corrected chi connectivity index (χ1v) is 9.92. The molecular formula is C21H18Cl2N4O3. The van der Waals surface area contributed by atoms with E-state index in [-0.39, 0.29) is 18.2 Å². The van der Waals surface area contributed by atoms with Crippen molar-refractivity contribution in [1.82, 2.24) is 9.78 Å². The number of anilines is 2. The van der Waals surface area contributed by atoms with Crippen LogP contribution in [0.3, 0.4) is 0 Å². The van der Waals surface area contributed by atoms with Crippen molar-refractivity contribution in [2.45, 2.75) is 19.4 Å². The number of methoxy groups -OCH3 is 1. The van der Waals surface area contributed by atoms with Gasteiger partial charge in [-0.1, -0.05) is 35.3 Å². The zero-order valence-corrected chi connectivity index (χ0v) is 17.7. The first kappa shape index (κ1) is 20.3. The fourth-order valence-corrected chi connectivity index (χ4v) is 3.81. The summed E-state index contributed by atoms with van der Waals surface area (Å²) in [5.74, 6) is 0.590. The first-order valence-electron chi connectivity index (χ1n) is 9.16. The number of amides is 2. The lowest BCUT2D eigenvalue weighted by Gasteiger charge is -2.11. The number of fused-ring (bicyclic) bond motifs is 1. The maximum atomic E-state index is 12.6. The van der Waals surface area contributed by atoms with E-state index in [1.165, 1.54) is 0 Å². The fraction of sp³-hybridized carbons (Fsp3) is 0.190. The Hall–Kier alpha value is -3.03. The van der Waals surface area contributed by atoms with Crippen LogP contribution in [0, 0.1) is 6.92 Å². The van der Waals surface area contributed by atoms with Crippen LogP contribution in [0.15, 0.2) is 42.5 Å². The quantitative estimate of drug-likeness (QED) is 0.597. The molecule has 154 valence electrons. The van der Waals surface area contributed by atoms with Crippen LogP contribution < -0.4 is 15.4 Å². The van der Waals surface area contributed by atoms with Crippen LogP contribution in [0.2, 0.25) is 10.0 Å². The Kier molecular flexibility index (Phi) is 5.40. The van der Waals surface area contributed by atoms with Crippen molar-refractivity contribution >= 4 is 46.5 Å². The number of rotatable bonds is 5. The largest absolute Gasteiger partial charge is 0.497 e. The maximum Gasteiger partial charge on any atom is 0.251 e. The lowest BCUT2D eigenvalue weighted by Crippen LogP contribution is -2.23. The minimum atomic E-state index is -0.768. The second-order valence-corrected chi connectivity index (χ2v) is 7.71. The third kappa shape index (κ3) is 3.74. The highest BCUT2D eigenvalue weighted by Gasteiger charge is 2.36. The number of halogens is 2. The first-order chi connectivity index (χ1) is 14.4. The van der Waals surface area contributed by atoms with Gasteiger partial charge in [-0.2, -0.15) is 5.10 Å². The number of nitrogens with one attached hydrogen (secondary N) is 2. The monoisotopic (exact) mass is 444 g/mol. The number of aromatic nitrogens is 2. The number of carbonyl (C=O) groups excluding carboxylic acids is 2. The van der Waals surface area contributed by atoms with Gasteiger partial charge >= 0.3 is 0 Å². The zero-order valence-electron chi connectivity index (χ0n) is 16.2. The van der Waals surface area contributed by atoms with Gasteiger partial charge in [0.05, 0.1) is 29.9 Å². The molecule has 2 aromatic carbocycles. The summed E-state index contributed by atoms with van der Waals surface area (Å²) in [5.41, 5.74) is 2.79. The van der Waals surface area contributed by atoms with Crippen LogP contribution in [0.1, 0.15) is 18.2 Å². The van der Waals surface area contributed by atoms with Crippen LogP contribution in [0.25, 0.3) is 11.1 Å². The van der Waals surface area contributed by atoms with Crippen LogP contribution >= 0.6 is 23.2 Å². The number of ether oxygens (including phenoxy) is 1. The van der Waals surface area contributed by atoms with E-state index in [4.69, 9.17) is 27.9 Å². The molecule has 30 heavy (non-hydrogen) atoms. The molecule has 7 nitrogen and oxygen atoms in total. The molecule has 0 bridgehead atoms. The van der Waals surface area contributed by atoms with Crippen LogP contribution in [0.5, 0.6) is 5.75 Å². The highest BCUT2D eigenvalue weighted by molar-refractivity contribution is 6.35. The van der Waals surface area contributed by atoms with E-state index < -0.39 is 6.04 Å². The van der Waals surface area contributed by atoms with Crippen molar-refractivity contribution in [3.8, 4) is 16.9 Å². The minimum absolute atomic E-state index is 0.0969. The Balaban J connectivity index is 1.60. The lowest BCUT2D eigenvalue weighted by molar-refractivity contribution is -0.123. The predicted octanol–water partition coefficient (Wildman–Crippen LogP) is 4.70. The third-order valence-corrected chi connectivity index (χ3v) is 5.43. The summed E-state index contributed by atoms with van der Waals surface area (Å²) in [7, 11) is 1.59. The summed E-state index contributed by atoms with van der Waals surface area (Å²) in [6.07, 6.45) is -0.0969. The molecule has 1 unspecified atom stereocenters. The summed E-state index contributed by atoms with van der Waals surface area (Å²) in [4.78, 5) is 25.2. The van der Waals surface area contributed by atoms with Crippen LogP contribution in [-0.2, 0) is 9.59 Å². The van der Waals surface area contributed by atoms with Gasteiger partial charge in [0.1, 0.15) is 17.6 Å². The average molecular weight is 445 g/mol. The van der Waals surface area contributed by atoms with Crippen LogP contribution in [0.4, 0.5) is 11.5 Å². The molecule has 2 amide bonds. The van der Waals surface area contributed by atoms with E-state index in [1.54, 1.807) is 30.0 Å².